The zero-order valence-corrected chi connectivity index (χ0v) is 11.6. The molecule has 2 heterocycles. The van der Waals surface area contributed by atoms with Crippen LogP contribution >= 0.6 is 11.8 Å². The van der Waals surface area contributed by atoms with E-state index in [1.807, 2.05) is 11.8 Å². The van der Waals surface area contributed by atoms with E-state index < -0.39 is 0 Å². The molecule has 0 aromatic carbocycles. The number of aromatic amines is 1. The molecule has 0 aliphatic carbocycles. The highest BCUT2D eigenvalue weighted by Gasteiger charge is 2.08. The highest BCUT2D eigenvalue weighted by molar-refractivity contribution is 7.99. The van der Waals surface area contributed by atoms with E-state index in [9.17, 15) is 0 Å². The Morgan fingerprint density at radius 3 is 3.00 bits per heavy atom. The van der Waals surface area contributed by atoms with Crippen molar-refractivity contribution >= 4 is 34.6 Å². The molecule has 7 heteroatoms. The smallest absolute Gasteiger partial charge is 0.226 e. The second-order valence-corrected chi connectivity index (χ2v) is 5.32. The molecule has 0 amide bonds. The van der Waals surface area contributed by atoms with Gasteiger partial charge < -0.3 is 10.6 Å². The minimum atomic E-state index is 0.590. The summed E-state index contributed by atoms with van der Waals surface area (Å²) in [5.74, 6) is 1.42. The quantitative estimate of drug-likeness (QED) is 0.741. The molecule has 1 atom stereocenters. The van der Waals surface area contributed by atoms with Gasteiger partial charge in [-0.3, -0.25) is 5.10 Å². The van der Waals surface area contributed by atoms with Gasteiger partial charge in [-0.05, 0) is 12.7 Å². The molecule has 0 aliphatic heterocycles. The van der Waals surface area contributed by atoms with E-state index in [-0.39, 0.29) is 0 Å². The first-order valence-corrected chi connectivity index (χ1v) is 7.19. The van der Waals surface area contributed by atoms with Crippen LogP contribution in [0.15, 0.2) is 6.20 Å². The number of anilines is 2. The van der Waals surface area contributed by atoms with Crippen LogP contribution in [-0.4, -0.2) is 45.3 Å². The maximum absolute atomic E-state index is 4.41. The molecule has 2 aromatic rings. The number of thioether (sulfide) groups is 1. The van der Waals surface area contributed by atoms with Crippen LogP contribution in [0.4, 0.5) is 11.8 Å². The summed E-state index contributed by atoms with van der Waals surface area (Å²) >= 11 is 1.87. The van der Waals surface area contributed by atoms with Crippen molar-refractivity contribution in [2.45, 2.75) is 18.6 Å². The van der Waals surface area contributed by atoms with Gasteiger partial charge in [-0.15, -0.1) is 0 Å². The van der Waals surface area contributed by atoms with Gasteiger partial charge in [0.05, 0.1) is 11.6 Å². The summed E-state index contributed by atoms with van der Waals surface area (Å²) in [5.41, 5.74) is 0.745. The highest BCUT2D eigenvalue weighted by Crippen LogP contribution is 2.20. The Bertz CT molecular complexity index is 511. The first kappa shape index (κ1) is 12.9. The molecule has 0 fully saturated rings. The van der Waals surface area contributed by atoms with Crippen LogP contribution in [0.25, 0.3) is 11.0 Å². The van der Waals surface area contributed by atoms with Gasteiger partial charge in [0.15, 0.2) is 5.65 Å². The molecule has 1 unspecified atom stereocenters. The Kier molecular flexibility index (Phi) is 4.24. The summed E-state index contributed by atoms with van der Waals surface area (Å²) in [7, 11) is 1.80. The van der Waals surface area contributed by atoms with Gasteiger partial charge >= 0.3 is 0 Å². The molecule has 0 saturated heterocycles. The number of fused-ring (bicyclic) bond motifs is 1. The number of H-pyrrole nitrogens is 1. The molecule has 2 aromatic heterocycles. The van der Waals surface area contributed by atoms with Crippen molar-refractivity contribution in [3.8, 4) is 0 Å². The van der Waals surface area contributed by atoms with Gasteiger partial charge in [-0.2, -0.15) is 26.8 Å². The van der Waals surface area contributed by atoms with Gasteiger partial charge in [0.2, 0.25) is 5.95 Å². The fourth-order valence-corrected chi connectivity index (χ4v) is 1.95. The molecular weight excluding hydrogens is 248 g/mol. The summed E-state index contributed by atoms with van der Waals surface area (Å²) in [4.78, 5) is 8.70. The summed E-state index contributed by atoms with van der Waals surface area (Å²) in [5, 5.41) is 14.7. The zero-order chi connectivity index (χ0) is 13.0. The lowest BCUT2D eigenvalue weighted by atomic mass is 10.3. The molecule has 2 rings (SSSR count). The predicted octanol–water partition coefficient (Wildman–Crippen LogP) is 1.95. The van der Waals surface area contributed by atoms with Gasteiger partial charge in [0.25, 0.3) is 0 Å². The highest BCUT2D eigenvalue weighted by atomic mass is 32.2. The van der Waals surface area contributed by atoms with E-state index in [0.717, 1.165) is 29.8 Å². The normalized spacial score (nSPS) is 12.6. The van der Waals surface area contributed by atoms with Crippen LogP contribution in [0.1, 0.15) is 13.3 Å². The largest absolute Gasteiger partial charge is 0.369 e. The average Bonchev–Trinajstić information content (AvgIpc) is 2.86. The van der Waals surface area contributed by atoms with Crippen molar-refractivity contribution in [3.63, 3.8) is 0 Å². The van der Waals surface area contributed by atoms with Gasteiger partial charge in [0, 0.05) is 18.8 Å². The monoisotopic (exact) mass is 266 g/mol. The predicted molar refractivity (Wildman–Crippen MR) is 77.3 cm³/mol. The molecule has 0 saturated carbocycles. The minimum Gasteiger partial charge on any atom is -0.369 e. The van der Waals surface area contributed by atoms with Crippen LogP contribution in [0.2, 0.25) is 0 Å². The third-order valence-corrected chi connectivity index (χ3v) is 3.82. The first-order valence-electron chi connectivity index (χ1n) is 5.90. The van der Waals surface area contributed by atoms with E-state index in [1.165, 1.54) is 0 Å². The molecular formula is C11H18N6S. The summed E-state index contributed by atoms with van der Waals surface area (Å²) in [6.45, 7) is 3.11. The molecule has 98 valence electrons. The molecule has 0 aliphatic rings. The van der Waals surface area contributed by atoms with E-state index in [0.29, 0.717) is 11.2 Å². The maximum atomic E-state index is 4.41. The number of hydrogen-bond acceptors (Lipinski definition) is 6. The Morgan fingerprint density at radius 1 is 1.44 bits per heavy atom. The van der Waals surface area contributed by atoms with Crippen LogP contribution in [0, 0.1) is 0 Å². The number of rotatable bonds is 6. The van der Waals surface area contributed by atoms with Crippen LogP contribution < -0.4 is 10.6 Å². The number of aromatic nitrogens is 4. The molecule has 18 heavy (non-hydrogen) atoms. The summed E-state index contributed by atoms with van der Waals surface area (Å²) in [6, 6.07) is 0. The first-order chi connectivity index (χ1) is 8.74. The average molecular weight is 266 g/mol. The summed E-state index contributed by atoms with van der Waals surface area (Å²) < 4.78 is 0. The molecule has 3 N–H and O–H groups in total. The second kappa shape index (κ2) is 5.90. The number of nitrogens with one attached hydrogen (secondary N) is 3. The second-order valence-electron chi connectivity index (χ2n) is 4.04. The van der Waals surface area contributed by atoms with Crippen LogP contribution in [-0.2, 0) is 0 Å². The van der Waals surface area contributed by atoms with Crippen molar-refractivity contribution < 1.29 is 0 Å². The van der Waals surface area contributed by atoms with E-state index in [4.69, 9.17) is 0 Å². The number of nitrogens with zero attached hydrogens (tertiary/aromatic N) is 3. The third kappa shape index (κ3) is 2.84. The summed E-state index contributed by atoms with van der Waals surface area (Å²) in [6.07, 6.45) is 4.97. The Labute approximate surface area is 110 Å². The molecule has 0 bridgehead atoms. The minimum absolute atomic E-state index is 0.590. The van der Waals surface area contributed by atoms with Crippen molar-refractivity contribution in [2.75, 3.05) is 30.5 Å². The van der Waals surface area contributed by atoms with Crippen molar-refractivity contribution in [3.05, 3.63) is 6.20 Å². The van der Waals surface area contributed by atoms with Crippen molar-refractivity contribution in [1.82, 2.24) is 20.2 Å². The topological polar surface area (TPSA) is 78.5 Å². The lowest BCUT2D eigenvalue weighted by molar-refractivity contribution is 0.851. The molecule has 0 radical (unpaired) electrons. The SMILES string of the molecule is CNc1nc(NCCC(C)SC)c2cn[nH]c2n1. The lowest BCUT2D eigenvalue weighted by Crippen LogP contribution is -2.10. The Balaban J connectivity index is 2.13. The Hall–Kier alpha value is -1.50. The van der Waals surface area contributed by atoms with Crippen molar-refractivity contribution in [1.29, 1.82) is 0 Å². The van der Waals surface area contributed by atoms with Crippen LogP contribution in [0.5, 0.6) is 0 Å². The van der Waals surface area contributed by atoms with E-state index >= 15 is 0 Å². The fraction of sp³-hybridized carbons (Fsp3) is 0.545. The number of hydrogen-bond donors (Lipinski definition) is 3. The zero-order valence-electron chi connectivity index (χ0n) is 10.8. The lowest BCUT2D eigenvalue weighted by Gasteiger charge is -2.10. The fourth-order valence-electron chi connectivity index (χ4n) is 1.59. The van der Waals surface area contributed by atoms with Crippen molar-refractivity contribution in [2.24, 2.45) is 0 Å². The van der Waals surface area contributed by atoms with Gasteiger partial charge in [0.1, 0.15) is 5.82 Å². The van der Waals surface area contributed by atoms with Gasteiger partial charge in [-0.1, -0.05) is 6.92 Å². The third-order valence-electron chi connectivity index (χ3n) is 2.78. The van der Waals surface area contributed by atoms with E-state index in [2.05, 4.69) is 44.0 Å². The Morgan fingerprint density at radius 2 is 2.28 bits per heavy atom. The molecule has 0 spiro atoms. The standard InChI is InChI=1S/C11H18N6S/c1-7(18-3)4-5-13-9-8-6-14-17-10(8)16-11(12-2)15-9/h6-7H,4-5H2,1-3H3,(H3,12,13,14,15,16,17). The van der Waals surface area contributed by atoms with Gasteiger partial charge in [-0.25, -0.2) is 0 Å². The van der Waals surface area contributed by atoms with E-state index in [1.54, 1.807) is 13.2 Å². The van der Waals surface area contributed by atoms with Crippen LogP contribution in [0.3, 0.4) is 0 Å². The maximum Gasteiger partial charge on any atom is 0.226 e. The molecule has 6 nitrogen and oxygen atoms in total.